The maximum absolute atomic E-state index is 13.1. The number of rotatable bonds is 11. The fraction of sp³-hybridized carbons (Fsp3) is 0.564. The van der Waals surface area contributed by atoms with Crippen LogP contribution in [0.25, 0.3) is 6.08 Å². The van der Waals surface area contributed by atoms with Crippen molar-refractivity contribution in [2.75, 3.05) is 49.1 Å². The summed E-state index contributed by atoms with van der Waals surface area (Å²) in [7, 11) is -7.10. The number of aliphatic imine (C=N–C) groups is 2. The lowest BCUT2D eigenvalue weighted by Gasteiger charge is -2.34. The topological polar surface area (TPSA) is 256 Å². The van der Waals surface area contributed by atoms with E-state index in [2.05, 4.69) is 57.6 Å². The molecule has 8 amide bonds. The van der Waals surface area contributed by atoms with Crippen molar-refractivity contribution < 1.29 is 45.6 Å². The molecule has 0 unspecified atom stereocenters. The van der Waals surface area contributed by atoms with E-state index in [-0.39, 0.29) is 63.3 Å². The molecule has 424 valence electrons. The molecule has 78 heavy (non-hydrogen) atoms. The quantitative estimate of drug-likeness (QED) is 0.162. The number of imide groups is 2. The highest BCUT2D eigenvalue weighted by Crippen LogP contribution is 2.39. The Bertz CT molecular complexity index is 2990. The Morgan fingerprint density at radius 2 is 1.03 bits per heavy atom. The van der Waals surface area contributed by atoms with E-state index >= 15 is 0 Å². The summed E-state index contributed by atoms with van der Waals surface area (Å²) in [5.74, 6) is 3.09. The number of hydrogen-bond donors (Lipinski definition) is 4. The number of nitrogens with zero attached hydrogens (tertiary/aromatic N) is 6. The largest absolute Gasteiger partial charge is 0.329 e. The van der Waals surface area contributed by atoms with E-state index in [1.165, 1.54) is 49.5 Å². The molecule has 2 aromatic rings. The Labute approximate surface area is 467 Å². The van der Waals surface area contributed by atoms with Crippen LogP contribution in [0, 0.1) is 37.5 Å². The smallest absolute Gasteiger partial charge is 0.312 e. The number of nitrogens with one attached hydrogen (secondary N) is 4. The SMILES string of the molecule is C.C=CS(=O)(=O)N1CCC2(CC1)N=C(C1CCC(CC)CC1)NC2=O.CCC1CCC(C2=NC3(CCN(S(=O)(=O)/C=C/c4ccc(N5CC(=O)NC5=O)cc4C)CC3)C(=O)N2)CC1.Cc1cc(N2CC(=O)NC2=O)ccc1Br. The lowest BCUT2D eigenvalue weighted by molar-refractivity contribution is -0.125. The van der Waals surface area contributed by atoms with Crippen LogP contribution in [0.5, 0.6) is 0 Å². The van der Waals surface area contributed by atoms with Crippen molar-refractivity contribution in [1.82, 2.24) is 29.9 Å². The van der Waals surface area contributed by atoms with Gasteiger partial charge < -0.3 is 10.6 Å². The molecular formula is C55H75BrN10O10S2. The van der Waals surface area contributed by atoms with Crippen LogP contribution in [0.2, 0.25) is 0 Å². The van der Waals surface area contributed by atoms with Crippen molar-refractivity contribution in [3.8, 4) is 0 Å². The highest BCUT2D eigenvalue weighted by Gasteiger charge is 2.50. The lowest BCUT2D eigenvalue weighted by Crippen LogP contribution is -2.50. The molecule has 0 bridgehead atoms. The fourth-order valence-corrected chi connectivity index (χ4v) is 13.9. The number of carbonyl (C=O) groups is 6. The van der Waals surface area contributed by atoms with Crippen LogP contribution in [0.15, 0.2) is 68.3 Å². The number of amides is 8. The molecule has 2 spiro atoms. The molecule has 4 N–H and O–H groups in total. The van der Waals surface area contributed by atoms with Crippen molar-refractivity contribution in [3.05, 3.63) is 75.0 Å². The zero-order valence-corrected chi connectivity index (χ0v) is 47.5. The number of sulfonamides is 2. The number of urea groups is 2. The van der Waals surface area contributed by atoms with E-state index in [1.807, 2.05) is 26.0 Å². The first-order valence-corrected chi connectivity index (χ1v) is 30.6. The molecule has 20 nitrogen and oxygen atoms in total. The van der Waals surface area contributed by atoms with Gasteiger partial charge in [-0.3, -0.25) is 49.6 Å². The van der Waals surface area contributed by atoms with Gasteiger partial charge >= 0.3 is 12.1 Å². The molecular weight excluding hydrogens is 1100 g/mol. The standard InChI is InChI=1S/C27H35N5O5S.C17H27N3O3S.C10H9BrN2O2.CH4/c1-3-19-4-6-21(7-5-19)24-29-25(34)27(30-24)11-13-31(14-12-27)38(36,37)15-10-20-8-9-22(16-18(20)2)32-17-23(33)28-26(32)35;1-3-13-5-7-14(8-6-13)15-18-16(21)17(19-15)9-11-20(12-10-17)24(22,23)4-2;1-6-4-7(2-3-8(6)11)13-5-9(14)12-10(13)15;/h8-10,15-16,19,21H,3-7,11-14,17H2,1-2H3,(H,28,33,35)(H,29,30,34);4,13-14H,2-3,5-12H2,1H3,(H,18,19,21);2-4H,5H2,1H3,(H,12,14,15);1H4/b15-10+;;;. The van der Waals surface area contributed by atoms with Gasteiger partial charge in [0.1, 0.15) is 35.8 Å². The molecule has 6 heterocycles. The normalized spacial score (nSPS) is 25.3. The molecule has 2 aliphatic carbocycles. The predicted molar refractivity (Wildman–Crippen MR) is 305 cm³/mol. The molecule has 0 atom stereocenters. The minimum Gasteiger partial charge on any atom is -0.312 e. The summed E-state index contributed by atoms with van der Waals surface area (Å²) in [4.78, 5) is 83.6. The molecule has 6 aliphatic heterocycles. The van der Waals surface area contributed by atoms with Gasteiger partial charge in [-0.2, -0.15) is 8.61 Å². The zero-order valence-electron chi connectivity index (χ0n) is 44.3. The number of hydrogen-bond acceptors (Lipinski definition) is 12. The number of carbonyl (C=O) groups excluding carboxylic acids is 6. The van der Waals surface area contributed by atoms with Crippen molar-refractivity contribution >= 4 is 101 Å². The van der Waals surface area contributed by atoms with Crippen molar-refractivity contribution in [3.63, 3.8) is 0 Å². The Balaban J connectivity index is 0.000000187. The second-order valence-electron chi connectivity index (χ2n) is 21.4. The van der Waals surface area contributed by atoms with Crippen LogP contribution in [0.1, 0.15) is 128 Å². The van der Waals surface area contributed by atoms with E-state index in [4.69, 9.17) is 9.98 Å². The number of halogens is 1. The average Bonchev–Trinajstić information content (AvgIpc) is 4.20. The van der Waals surface area contributed by atoms with Gasteiger partial charge in [0.05, 0.1) is 0 Å². The Morgan fingerprint density at radius 3 is 1.40 bits per heavy atom. The monoisotopic (exact) mass is 1180 g/mol. The fourth-order valence-electron chi connectivity index (χ4n) is 11.5. The molecule has 0 radical (unpaired) electrons. The van der Waals surface area contributed by atoms with Crippen molar-refractivity contribution in [2.24, 2.45) is 33.7 Å². The van der Waals surface area contributed by atoms with Crippen LogP contribution >= 0.6 is 15.9 Å². The molecule has 8 aliphatic rings. The first-order chi connectivity index (χ1) is 36.6. The minimum atomic E-state index is -3.69. The summed E-state index contributed by atoms with van der Waals surface area (Å²) < 4.78 is 53.7. The predicted octanol–water partition coefficient (Wildman–Crippen LogP) is 7.42. The van der Waals surface area contributed by atoms with Gasteiger partial charge in [0.15, 0.2) is 0 Å². The molecule has 2 aromatic carbocycles. The van der Waals surface area contributed by atoms with Crippen LogP contribution in [0.4, 0.5) is 21.0 Å². The van der Waals surface area contributed by atoms with Gasteiger partial charge in [-0.15, -0.1) is 0 Å². The molecule has 23 heteroatoms. The molecule has 0 aromatic heterocycles. The number of piperidine rings is 2. The number of benzene rings is 2. The summed E-state index contributed by atoms with van der Waals surface area (Å²) in [5.41, 5.74) is 2.18. The van der Waals surface area contributed by atoms with E-state index in [9.17, 15) is 45.6 Å². The Kier molecular flexibility index (Phi) is 19.1. The van der Waals surface area contributed by atoms with Crippen LogP contribution < -0.4 is 31.1 Å². The van der Waals surface area contributed by atoms with Gasteiger partial charge in [0.25, 0.3) is 11.8 Å². The third-order valence-electron chi connectivity index (χ3n) is 16.7. The highest BCUT2D eigenvalue weighted by atomic mass is 79.9. The number of anilines is 2. The first kappa shape index (κ1) is 60.0. The van der Waals surface area contributed by atoms with E-state index in [0.717, 1.165) is 88.7 Å². The second kappa shape index (κ2) is 24.8. The third kappa shape index (κ3) is 13.3. The van der Waals surface area contributed by atoms with Crippen LogP contribution in [0.3, 0.4) is 0 Å². The third-order valence-corrected chi connectivity index (χ3v) is 20.6. The number of aryl methyl sites for hydroxylation is 2. The summed E-state index contributed by atoms with van der Waals surface area (Å²) in [6, 6.07) is 9.85. The maximum Gasteiger partial charge on any atom is 0.329 e. The van der Waals surface area contributed by atoms with E-state index < -0.39 is 37.2 Å². The van der Waals surface area contributed by atoms with Crippen molar-refractivity contribution in [1.29, 1.82) is 0 Å². The lowest BCUT2D eigenvalue weighted by atomic mass is 9.80. The average molecular weight is 1180 g/mol. The summed E-state index contributed by atoms with van der Waals surface area (Å²) in [5, 5.41) is 12.7. The molecule has 10 rings (SSSR count). The molecule has 4 saturated heterocycles. The number of amidine groups is 2. The van der Waals surface area contributed by atoms with Crippen LogP contribution in [-0.2, 0) is 39.2 Å². The second-order valence-corrected chi connectivity index (χ2v) is 26.0. The van der Waals surface area contributed by atoms with E-state index in [0.29, 0.717) is 61.9 Å². The summed E-state index contributed by atoms with van der Waals surface area (Å²) >= 11 is 3.38. The molecule has 2 saturated carbocycles. The summed E-state index contributed by atoms with van der Waals surface area (Å²) in [6.07, 6.45) is 14.6. The molecule has 6 fully saturated rings. The van der Waals surface area contributed by atoms with Gasteiger partial charge in [-0.1, -0.05) is 62.7 Å². The Morgan fingerprint density at radius 1 is 0.615 bits per heavy atom. The van der Waals surface area contributed by atoms with Gasteiger partial charge in [-0.25, -0.2) is 26.4 Å². The van der Waals surface area contributed by atoms with Gasteiger partial charge in [0.2, 0.25) is 31.9 Å². The zero-order chi connectivity index (χ0) is 55.5. The van der Waals surface area contributed by atoms with Crippen molar-refractivity contribution in [2.45, 2.75) is 136 Å². The summed E-state index contributed by atoms with van der Waals surface area (Å²) in [6.45, 7) is 12.7. The van der Waals surface area contributed by atoms with Gasteiger partial charge in [0, 0.05) is 64.7 Å². The van der Waals surface area contributed by atoms with E-state index in [1.54, 1.807) is 30.3 Å². The van der Waals surface area contributed by atoms with Crippen LogP contribution in [-0.4, -0.2) is 123 Å². The maximum atomic E-state index is 13.1. The first-order valence-electron chi connectivity index (χ1n) is 26.8. The highest BCUT2D eigenvalue weighted by molar-refractivity contribution is 9.10. The van der Waals surface area contributed by atoms with Gasteiger partial charge in [-0.05, 0) is 156 Å². The minimum absolute atomic E-state index is 0. The Hall–Kier alpha value is -5.62.